The van der Waals surface area contributed by atoms with Crippen molar-refractivity contribution in [2.24, 2.45) is 28.6 Å². The molecule has 0 unspecified atom stereocenters. The normalized spacial score (nSPS) is 53.3. The van der Waals surface area contributed by atoms with Gasteiger partial charge < -0.3 is 10.2 Å². The topological polar surface area (TPSA) is 57.5 Å². The number of carbonyl (C=O) groups is 1. The lowest BCUT2D eigenvalue weighted by Crippen LogP contribution is -2.67. The Morgan fingerprint density at radius 2 is 1.78 bits per heavy atom. The Labute approximate surface area is 108 Å². The number of carbonyl (C=O) groups excluding carboxylic acids is 1. The van der Waals surface area contributed by atoms with Gasteiger partial charge in [-0.2, -0.15) is 0 Å². The highest BCUT2D eigenvalue weighted by atomic mass is 16.3. The van der Waals surface area contributed by atoms with E-state index in [1.807, 2.05) is 27.7 Å². The lowest BCUT2D eigenvalue weighted by molar-refractivity contribution is -0.190. The van der Waals surface area contributed by atoms with Crippen molar-refractivity contribution >= 4 is 5.78 Å². The zero-order valence-corrected chi connectivity index (χ0v) is 11.5. The van der Waals surface area contributed by atoms with Gasteiger partial charge in [-0.25, -0.2) is 0 Å². The van der Waals surface area contributed by atoms with Crippen LogP contribution < -0.4 is 0 Å². The molecule has 4 aliphatic rings. The van der Waals surface area contributed by atoms with Crippen molar-refractivity contribution < 1.29 is 15.0 Å². The Hall–Kier alpha value is -0.670. The van der Waals surface area contributed by atoms with Crippen molar-refractivity contribution in [1.82, 2.24) is 0 Å². The molecular formula is C15H22O3. The maximum absolute atomic E-state index is 12.3. The Morgan fingerprint density at radius 3 is 2.33 bits per heavy atom. The highest BCUT2D eigenvalue weighted by molar-refractivity contribution is 5.96. The highest BCUT2D eigenvalue weighted by Crippen LogP contribution is 2.71. The summed E-state index contributed by atoms with van der Waals surface area (Å²) in [5, 5.41) is 20.8. The summed E-state index contributed by atoms with van der Waals surface area (Å²) in [6, 6.07) is 0. The molecule has 100 valence electrons. The van der Waals surface area contributed by atoms with Gasteiger partial charge in [0.1, 0.15) is 0 Å². The molecule has 4 rings (SSSR count). The van der Waals surface area contributed by atoms with Crippen molar-refractivity contribution in [1.29, 1.82) is 0 Å². The van der Waals surface area contributed by atoms with E-state index in [0.717, 1.165) is 5.57 Å². The number of hydrogen-bond acceptors (Lipinski definition) is 3. The van der Waals surface area contributed by atoms with Gasteiger partial charge in [0.05, 0.1) is 12.2 Å². The van der Waals surface area contributed by atoms with E-state index in [-0.39, 0.29) is 34.4 Å². The predicted molar refractivity (Wildman–Crippen MR) is 67.8 cm³/mol. The molecule has 0 saturated heterocycles. The van der Waals surface area contributed by atoms with Crippen LogP contribution in [0.3, 0.4) is 0 Å². The molecule has 0 aromatic heterocycles. The van der Waals surface area contributed by atoms with Gasteiger partial charge in [0.15, 0.2) is 5.78 Å². The third-order valence-electron chi connectivity index (χ3n) is 6.11. The first-order valence-electron chi connectivity index (χ1n) is 6.80. The summed E-state index contributed by atoms with van der Waals surface area (Å²) in [5.41, 5.74) is 0.406. The van der Waals surface area contributed by atoms with E-state index in [1.54, 1.807) is 6.08 Å². The molecule has 0 aliphatic heterocycles. The van der Waals surface area contributed by atoms with Crippen LogP contribution in [0, 0.1) is 28.6 Å². The second kappa shape index (κ2) is 3.26. The quantitative estimate of drug-likeness (QED) is 0.685. The number of fused-ring (bicyclic) bond motifs is 1. The molecule has 0 spiro atoms. The predicted octanol–water partition coefficient (Wildman–Crippen LogP) is 1.54. The monoisotopic (exact) mass is 250 g/mol. The van der Waals surface area contributed by atoms with E-state index < -0.39 is 12.2 Å². The van der Waals surface area contributed by atoms with Gasteiger partial charge in [0.2, 0.25) is 0 Å². The smallest absolute Gasteiger partial charge is 0.159 e. The van der Waals surface area contributed by atoms with E-state index in [2.05, 4.69) is 0 Å². The summed E-state index contributed by atoms with van der Waals surface area (Å²) in [5.74, 6) is 0.437. The van der Waals surface area contributed by atoms with Crippen LogP contribution in [-0.2, 0) is 4.79 Å². The largest absolute Gasteiger partial charge is 0.392 e. The standard InChI is InChI=1S/C15H22O3/c1-7-5-8(16)12-13-11(7)15(12,4)10(18)6-9(17)14(13,2)3/h5,9-13,17-18H,6H2,1-4H3/t9-,10-,11+,12-,13+,15-/m1/s1. The van der Waals surface area contributed by atoms with Crippen LogP contribution in [0.2, 0.25) is 0 Å². The number of aliphatic hydroxyl groups excluding tert-OH is 2. The van der Waals surface area contributed by atoms with Crippen molar-refractivity contribution in [3.05, 3.63) is 11.6 Å². The molecule has 0 amide bonds. The van der Waals surface area contributed by atoms with Gasteiger partial charge in [-0.1, -0.05) is 26.3 Å². The molecular weight excluding hydrogens is 228 g/mol. The third kappa shape index (κ3) is 1.11. The second-order valence-electron chi connectivity index (χ2n) is 7.23. The van der Waals surface area contributed by atoms with Gasteiger partial charge in [-0.05, 0) is 30.3 Å². The second-order valence-corrected chi connectivity index (χ2v) is 7.23. The Balaban J connectivity index is 2.18. The summed E-state index contributed by atoms with van der Waals surface area (Å²) in [4.78, 5) is 12.3. The number of ketones is 1. The van der Waals surface area contributed by atoms with Gasteiger partial charge in [0.25, 0.3) is 0 Å². The minimum Gasteiger partial charge on any atom is -0.392 e. The maximum atomic E-state index is 12.3. The lowest BCUT2D eigenvalue weighted by atomic mass is 9.37. The Bertz CT molecular complexity index is 451. The number of aliphatic hydroxyl groups is 2. The first-order chi connectivity index (χ1) is 8.22. The zero-order valence-electron chi connectivity index (χ0n) is 11.5. The zero-order chi connectivity index (χ0) is 13.5. The molecule has 2 N–H and O–H groups in total. The first kappa shape index (κ1) is 12.4. The van der Waals surface area contributed by atoms with Gasteiger partial charge >= 0.3 is 0 Å². The molecule has 4 aliphatic carbocycles. The van der Waals surface area contributed by atoms with Crippen molar-refractivity contribution in [2.45, 2.75) is 46.3 Å². The fourth-order valence-electron chi connectivity index (χ4n) is 4.97. The summed E-state index contributed by atoms with van der Waals surface area (Å²) in [7, 11) is 0. The molecule has 18 heavy (non-hydrogen) atoms. The maximum Gasteiger partial charge on any atom is 0.159 e. The number of allylic oxidation sites excluding steroid dienone is 2. The molecule has 3 heteroatoms. The fourth-order valence-corrected chi connectivity index (χ4v) is 4.97. The van der Waals surface area contributed by atoms with Crippen molar-refractivity contribution in [3.63, 3.8) is 0 Å². The summed E-state index contributed by atoms with van der Waals surface area (Å²) in [6.45, 7) is 8.08. The van der Waals surface area contributed by atoms with Crippen molar-refractivity contribution in [2.75, 3.05) is 0 Å². The van der Waals surface area contributed by atoms with E-state index in [4.69, 9.17) is 0 Å². The van der Waals surface area contributed by atoms with E-state index >= 15 is 0 Å². The van der Waals surface area contributed by atoms with Crippen LogP contribution in [0.5, 0.6) is 0 Å². The fraction of sp³-hybridized carbons (Fsp3) is 0.800. The third-order valence-corrected chi connectivity index (χ3v) is 6.11. The molecule has 0 radical (unpaired) electrons. The van der Waals surface area contributed by atoms with Gasteiger partial charge in [0, 0.05) is 17.8 Å². The molecule has 3 nitrogen and oxygen atoms in total. The van der Waals surface area contributed by atoms with Crippen molar-refractivity contribution in [3.8, 4) is 0 Å². The van der Waals surface area contributed by atoms with Gasteiger partial charge in [-0.15, -0.1) is 0 Å². The Morgan fingerprint density at radius 1 is 1.17 bits per heavy atom. The molecule has 6 atom stereocenters. The minimum atomic E-state index is -0.590. The van der Waals surface area contributed by atoms with Crippen LogP contribution in [0.4, 0.5) is 0 Å². The first-order valence-corrected chi connectivity index (χ1v) is 6.80. The molecule has 4 bridgehead atoms. The molecule has 2 saturated carbocycles. The molecule has 0 heterocycles. The molecule has 2 fully saturated rings. The van der Waals surface area contributed by atoms with Crippen LogP contribution in [0.15, 0.2) is 11.6 Å². The van der Waals surface area contributed by atoms with Crippen LogP contribution in [0.25, 0.3) is 0 Å². The molecule has 0 aromatic rings. The minimum absolute atomic E-state index is 0.117. The van der Waals surface area contributed by atoms with Gasteiger partial charge in [-0.3, -0.25) is 4.79 Å². The average molecular weight is 250 g/mol. The number of rotatable bonds is 0. The Kier molecular flexibility index (Phi) is 2.24. The number of hydrogen-bond donors (Lipinski definition) is 2. The van der Waals surface area contributed by atoms with Crippen LogP contribution in [0.1, 0.15) is 34.1 Å². The highest BCUT2D eigenvalue weighted by Gasteiger charge is 2.72. The molecule has 0 aromatic carbocycles. The lowest BCUT2D eigenvalue weighted by Gasteiger charge is -2.65. The summed E-state index contributed by atoms with van der Waals surface area (Å²) < 4.78 is 0. The average Bonchev–Trinajstić information content (AvgIpc) is 2.31. The van der Waals surface area contributed by atoms with E-state index in [0.29, 0.717) is 6.42 Å². The van der Waals surface area contributed by atoms with Crippen LogP contribution >= 0.6 is 0 Å². The van der Waals surface area contributed by atoms with E-state index in [1.165, 1.54) is 0 Å². The summed E-state index contributed by atoms with van der Waals surface area (Å²) in [6.07, 6.45) is 1.00. The van der Waals surface area contributed by atoms with E-state index in [9.17, 15) is 15.0 Å². The summed E-state index contributed by atoms with van der Waals surface area (Å²) >= 11 is 0. The SMILES string of the molecule is CC1=CC(=O)[C@@H]2[C@@H]3[C@H]1[C@@]2(C)[C@H](O)C[C@@H](O)C3(C)C. The van der Waals surface area contributed by atoms with Crippen LogP contribution in [-0.4, -0.2) is 28.2 Å².